The summed E-state index contributed by atoms with van der Waals surface area (Å²) in [5.74, 6) is 0.145. The Labute approximate surface area is 123 Å². The second kappa shape index (κ2) is 5.75. The summed E-state index contributed by atoms with van der Waals surface area (Å²) in [6.45, 7) is 0.903. The molecule has 0 aliphatic carbocycles. The summed E-state index contributed by atoms with van der Waals surface area (Å²) in [5, 5.41) is 0.520. The van der Waals surface area contributed by atoms with Crippen molar-refractivity contribution in [2.24, 2.45) is 11.7 Å². The van der Waals surface area contributed by atoms with Crippen LogP contribution in [-0.2, 0) is 10.0 Å². The van der Waals surface area contributed by atoms with Crippen molar-refractivity contribution in [3.8, 4) is 0 Å². The molecule has 2 rings (SSSR count). The van der Waals surface area contributed by atoms with Gasteiger partial charge in [-0.1, -0.05) is 23.8 Å². The highest BCUT2D eigenvalue weighted by molar-refractivity contribution is 7.89. The molecule has 0 spiro atoms. The fraction of sp³-hybridized carbons (Fsp3) is 0.417. The van der Waals surface area contributed by atoms with E-state index in [-0.39, 0.29) is 10.8 Å². The van der Waals surface area contributed by atoms with Crippen molar-refractivity contribution in [1.29, 1.82) is 0 Å². The fourth-order valence-corrected chi connectivity index (χ4v) is 3.97. The Morgan fingerprint density at radius 2 is 1.79 bits per heavy atom. The van der Waals surface area contributed by atoms with Gasteiger partial charge in [-0.05, 0) is 37.1 Å². The summed E-state index contributed by atoms with van der Waals surface area (Å²) < 4.78 is 26.3. The molecule has 0 amide bonds. The van der Waals surface area contributed by atoms with E-state index in [0.717, 1.165) is 0 Å². The molecule has 0 saturated carbocycles. The highest BCUT2D eigenvalue weighted by atomic mass is 35.5. The smallest absolute Gasteiger partial charge is 0.243 e. The Morgan fingerprint density at radius 3 is 2.26 bits per heavy atom. The number of benzene rings is 1. The van der Waals surface area contributed by atoms with Crippen molar-refractivity contribution in [3.05, 3.63) is 29.3 Å². The number of hydrogen-bond acceptors (Lipinski definition) is 3. The highest BCUT2D eigenvalue weighted by Crippen LogP contribution is 2.24. The van der Waals surface area contributed by atoms with Gasteiger partial charge in [0.15, 0.2) is 0 Å². The standard InChI is InChI=1S/C12H15ClN2O2S2/c13-10-1-3-11(4-2-10)19(16,17)15-7-5-9(6-8-15)12(14)18/h1-4,9H,5-8H2,(H2,14,18). The van der Waals surface area contributed by atoms with E-state index < -0.39 is 10.0 Å². The average Bonchev–Trinajstić information content (AvgIpc) is 2.39. The first-order valence-corrected chi connectivity index (χ1v) is 8.19. The number of piperidine rings is 1. The van der Waals surface area contributed by atoms with Crippen LogP contribution in [0.4, 0.5) is 0 Å². The van der Waals surface area contributed by atoms with Crippen LogP contribution in [-0.4, -0.2) is 30.8 Å². The Bertz CT molecular complexity index is 564. The molecule has 0 aromatic heterocycles. The van der Waals surface area contributed by atoms with Gasteiger partial charge in [0, 0.05) is 24.0 Å². The molecule has 1 heterocycles. The molecule has 1 aromatic rings. The number of nitrogens with two attached hydrogens (primary N) is 1. The van der Waals surface area contributed by atoms with Crippen LogP contribution < -0.4 is 5.73 Å². The lowest BCUT2D eigenvalue weighted by atomic mass is 9.98. The molecule has 19 heavy (non-hydrogen) atoms. The lowest BCUT2D eigenvalue weighted by molar-refractivity contribution is 0.316. The van der Waals surface area contributed by atoms with Gasteiger partial charge < -0.3 is 5.73 Å². The van der Waals surface area contributed by atoms with E-state index in [2.05, 4.69) is 0 Å². The molecule has 1 aliphatic rings. The quantitative estimate of drug-likeness (QED) is 0.866. The maximum Gasteiger partial charge on any atom is 0.243 e. The van der Waals surface area contributed by atoms with E-state index in [4.69, 9.17) is 29.6 Å². The third kappa shape index (κ3) is 3.25. The summed E-state index contributed by atoms with van der Waals surface area (Å²) >= 11 is 10.7. The molecular weight excluding hydrogens is 304 g/mol. The maximum absolute atomic E-state index is 12.4. The van der Waals surface area contributed by atoms with Gasteiger partial charge in [0.25, 0.3) is 0 Å². The molecule has 1 aliphatic heterocycles. The highest BCUT2D eigenvalue weighted by Gasteiger charge is 2.30. The Kier molecular flexibility index (Phi) is 4.45. The van der Waals surface area contributed by atoms with E-state index in [1.807, 2.05) is 0 Å². The molecule has 1 aromatic carbocycles. The largest absolute Gasteiger partial charge is 0.393 e. The average molecular weight is 319 g/mol. The molecule has 2 N–H and O–H groups in total. The van der Waals surface area contributed by atoms with Gasteiger partial charge in [-0.2, -0.15) is 4.31 Å². The summed E-state index contributed by atoms with van der Waals surface area (Å²) in [6, 6.07) is 6.21. The normalized spacial score (nSPS) is 18.4. The van der Waals surface area contributed by atoms with Crippen LogP contribution in [0.5, 0.6) is 0 Å². The minimum absolute atomic E-state index is 0.145. The number of nitrogens with zero attached hydrogens (tertiary/aromatic N) is 1. The van der Waals surface area contributed by atoms with Crippen molar-refractivity contribution >= 4 is 38.8 Å². The number of rotatable bonds is 3. The minimum Gasteiger partial charge on any atom is -0.393 e. The third-order valence-electron chi connectivity index (χ3n) is 3.31. The molecule has 0 radical (unpaired) electrons. The van der Waals surface area contributed by atoms with Crippen molar-refractivity contribution < 1.29 is 8.42 Å². The van der Waals surface area contributed by atoms with Crippen LogP contribution in [0, 0.1) is 5.92 Å². The predicted molar refractivity (Wildman–Crippen MR) is 79.7 cm³/mol. The van der Waals surface area contributed by atoms with Crippen molar-refractivity contribution in [2.45, 2.75) is 17.7 Å². The van der Waals surface area contributed by atoms with E-state index in [1.165, 1.54) is 16.4 Å². The molecule has 4 nitrogen and oxygen atoms in total. The van der Waals surface area contributed by atoms with Crippen molar-refractivity contribution in [1.82, 2.24) is 4.31 Å². The molecule has 0 atom stereocenters. The zero-order chi connectivity index (χ0) is 14.0. The number of thiocarbonyl (C=S) groups is 1. The first-order valence-electron chi connectivity index (χ1n) is 5.96. The van der Waals surface area contributed by atoms with Crippen LogP contribution in [0.25, 0.3) is 0 Å². The van der Waals surface area contributed by atoms with E-state index in [1.54, 1.807) is 12.1 Å². The van der Waals surface area contributed by atoms with Gasteiger partial charge in [-0.3, -0.25) is 0 Å². The van der Waals surface area contributed by atoms with E-state index in [9.17, 15) is 8.42 Å². The van der Waals surface area contributed by atoms with Gasteiger partial charge in [0.1, 0.15) is 0 Å². The Balaban J connectivity index is 2.14. The maximum atomic E-state index is 12.4. The molecule has 0 bridgehead atoms. The summed E-state index contributed by atoms with van der Waals surface area (Å²) in [6.07, 6.45) is 1.37. The molecule has 104 valence electrons. The van der Waals surface area contributed by atoms with Crippen molar-refractivity contribution in [3.63, 3.8) is 0 Å². The van der Waals surface area contributed by atoms with Gasteiger partial charge in [-0.15, -0.1) is 0 Å². The monoisotopic (exact) mass is 318 g/mol. The third-order valence-corrected chi connectivity index (χ3v) is 5.81. The van der Waals surface area contributed by atoms with Crippen molar-refractivity contribution in [2.75, 3.05) is 13.1 Å². The molecular formula is C12H15ClN2O2S2. The number of hydrogen-bond donors (Lipinski definition) is 1. The lowest BCUT2D eigenvalue weighted by Crippen LogP contribution is -2.41. The lowest BCUT2D eigenvalue weighted by Gasteiger charge is -2.30. The molecule has 1 fully saturated rings. The van der Waals surface area contributed by atoms with Crippen LogP contribution in [0.1, 0.15) is 12.8 Å². The molecule has 7 heteroatoms. The predicted octanol–water partition coefficient (Wildman–Crippen LogP) is 2.03. The second-order valence-electron chi connectivity index (χ2n) is 4.53. The molecule has 1 saturated heterocycles. The Morgan fingerprint density at radius 1 is 1.26 bits per heavy atom. The van der Waals surface area contributed by atoms with Gasteiger partial charge >= 0.3 is 0 Å². The number of sulfonamides is 1. The zero-order valence-electron chi connectivity index (χ0n) is 10.3. The summed E-state index contributed by atoms with van der Waals surface area (Å²) in [5.41, 5.74) is 5.60. The van der Waals surface area contributed by atoms with Crippen LogP contribution in [0.3, 0.4) is 0 Å². The van der Waals surface area contributed by atoms with Gasteiger partial charge in [-0.25, -0.2) is 8.42 Å². The zero-order valence-corrected chi connectivity index (χ0v) is 12.6. The first-order chi connectivity index (χ1) is 8.91. The van der Waals surface area contributed by atoms with E-state index >= 15 is 0 Å². The SMILES string of the molecule is NC(=S)C1CCN(S(=O)(=O)c2ccc(Cl)cc2)CC1. The van der Waals surface area contributed by atoms with Crippen LogP contribution >= 0.6 is 23.8 Å². The second-order valence-corrected chi connectivity index (χ2v) is 7.38. The minimum atomic E-state index is -3.44. The topological polar surface area (TPSA) is 63.4 Å². The first kappa shape index (κ1) is 14.7. The fourth-order valence-electron chi connectivity index (χ4n) is 2.14. The van der Waals surface area contributed by atoms with Gasteiger partial charge in [0.2, 0.25) is 10.0 Å². The summed E-state index contributed by atoms with van der Waals surface area (Å²) in [4.78, 5) is 0.745. The Hall–Kier alpha value is -0.690. The summed E-state index contributed by atoms with van der Waals surface area (Å²) in [7, 11) is -3.44. The van der Waals surface area contributed by atoms with E-state index in [0.29, 0.717) is 35.9 Å². The molecule has 0 unspecified atom stereocenters. The van der Waals surface area contributed by atoms with Gasteiger partial charge in [0.05, 0.1) is 9.88 Å². The van der Waals surface area contributed by atoms with Crippen LogP contribution in [0.2, 0.25) is 5.02 Å². The van der Waals surface area contributed by atoms with Crippen LogP contribution in [0.15, 0.2) is 29.2 Å². The number of halogens is 1.